The standard InChI is InChI=1S/C40H44N6O5/c1-2-33(34-16-10-5-11-17-34)24-42-38(47)26-46(44-23-30-18-20-36(21-19-30)50-27-31-12-6-3-7-13-31)39(48)37(22-35-25-41-29-43-35)45-40(49)51-28-32-14-8-4-9-15-32/h3-21,25,29,33,37,44H,2,22-24,26-28H2,1H3,(H,41,43)(H,42,47)(H,45,49)/t33?,37-/m0/s1. The molecular weight excluding hydrogens is 644 g/mol. The van der Waals surface area contributed by atoms with Crippen molar-refractivity contribution in [3.8, 4) is 5.75 Å². The number of aromatic amines is 1. The van der Waals surface area contributed by atoms with Crippen molar-refractivity contribution in [2.45, 2.75) is 51.5 Å². The zero-order valence-electron chi connectivity index (χ0n) is 28.7. The summed E-state index contributed by atoms with van der Waals surface area (Å²) in [6, 6.07) is 35.6. The van der Waals surface area contributed by atoms with Crippen LogP contribution in [0.3, 0.4) is 0 Å². The number of hydrazine groups is 1. The van der Waals surface area contributed by atoms with Crippen LogP contribution in [0.25, 0.3) is 0 Å². The van der Waals surface area contributed by atoms with Crippen molar-refractivity contribution in [1.29, 1.82) is 0 Å². The maximum absolute atomic E-state index is 14.2. The average molecular weight is 689 g/mol. The highest BCUT2D eigenvalue weighted by Crippen LogP contribution is 2.18. The fourth-order valence-corrected chi connectivity index (χ4v) is 5.41. The Morgan fingerprint density at radius 3 is 2.08 bits per heavy atom. The molecule has 1 aromatic heterocycles. The van der Waals surface area contributed by atoms with E-state index in [0.717, 1.165) is 28.7 Å². The molecule has 3 amide bonds. The number of hydrogen-bond acceptors (Lipinski definition) is 7. The molecule has 0 aliphatic heterocycles. The van der Waals surface area contributed by atoms with E-state index in [1.807, 2.05) is 115 Å². The number of carbonyl (C=O) groups is 3. The first-order chi connectivity index (χ1) is 25.0. The maximum atomic E-state index is 14.2. The molecular formula is C40H44N6O5. The number of rotatable bonds is 18. The Morgan fingerprint density at radius 2 is 1.45 bits per heavy atom. The zero-order valence-corrected chi connectivity index (χ0v) is 28.7. The van der Waals surface area contributed by atoms with Gasteiger partial charge in [-0.15, -0.1) is 0 Å². The van der Waals surface area contributed by atoms with E-state index in [0.29, 0.717) is 24.6 Å². The number of amides is 3. The first-order valence-electron chi connectivity index (χ1n) is 17.0. The molecule has 0 radical (unpaired) electrons. The Kier molecular flexibility index (Phi) is 13.8. The van der Waals surface area contributed by atoms with Gasteiger partial charge in [-0.1, -0.05) is 110 Å². The van der Waals surface area contributed by atoms with Crippen molar-refractivity contribution in [3.63, 3.8) is 0 Å². The molecule has 0 bridgehead atoms. The van der Waals surface area contributed by atoms with E-state index in [-0.39, 0.29) is 37.9 Å². The molecule has 0 spiro atoms. The second kappa shape index (κ2) is 19.3. The van der Waals surface area contributed by atoms with Crippen molar-refractivity contribution in [1.82, 2.24) is 31.0 Å². The Balaban J connectivity index is 1.27. The van der Waals surface area contributed by atoms with Crippen LogP contribution >= 0.6 is 0 Å². The monoisotopic (exact) mass is 688 g/mol. The Labute approximate surface area is 298 Å². The van der Waals surface area contributed by atoms with Gasteiger partial charge in [-0.05, 0) is 40.8 Å². The molecule has 0 saturated carbocycles. The van der Waals surface area contributed by atoms with E-state index >= 15 is 0 Å². The molecule has 5 aromatic rings. The molecule has 0 aliphatic rings. The van der Waals surface area contributed by atoms with Crippen LogP contribution in [0.4, 0.5) is 4.79 Å². The molecule has 2 atom stereocenters. The van der Waals surface area contributed by atoms with E-state index in [2.05, 4.69) is 33.0 Å². The molecule has 4 aromatic carbocycles. The number of imidazole rings is 1. The first-order valence-corrected chi connectivity index (χ1v) is 17.0. The quantitative estimate of drug-likeness (QED) is 0.0871. The highest BCUT2D eigenvalue weighted by atomic mass is 16.5. The number of hydrogen-bond donors (Lipinski definition) is 4. The molecule has 11 nitrogen and oxygen atoms in total. The molecule has 4 N–H and O–H groups in total. The van der Waals surface area contributed by atoms with Crippen LogP contribution in [-0.2, 0) is 40.5 Å². The van der Waals surface area contributed by atoms with Gasteiger partial charge >= 0.3 is 6.09 Å². The van der Waals surface area contributed by atoms with E-state index in [4.69, 9.17) is 9.47 Å². The van der Waals surface area contributed by atoms with Crippen molar-refractivity contribution < 1.29 is 23.9 Å². The Bertz CT molecular complexity index is 1770. The fraction of sp³-hybridized carbons (Fsp3) is 0.250. The van der Waals surface area contributed by atoms with Gasteiger partial charge in [0, 0.05) is 37.3 Å². The lowest BCUT2D eigenvalue weighted by atomic mass is 9.96. The number of nitrogens with one attached hydrogen (secondary N) is 4. The minimum absolute atomic E-state index is 0.0348. The molecule has 264 valence electrons. The molecule has 5 rings (SSSR count). The lowest BCUT2D eigenvalue weighted by Gasteiger charge is -2.28. The van der Waals surface area contributed by atoms with E-state index in [9.17, 15) is 14.4 Å². The molecule has 51 heavy (non-hydrogen) atoms. The number of carbonyl (C=O) groups excluding carboxylic acids is 3. The third kappa shape index (κ3) is 11.9. The van der Waals surface area contributed by atoms with Gasteiger partial charge in [-0.25, -0.2) is 15.2 Å². The second-order valence-corrected chi connectivity index (χ2v) is 12.0. The first kappa shape index (κ1) is 36.3. The van der Waals surface area contributed by atoms with Gasteiger partial charge in [-0.2, -0.15) is 0 Å². The summed E-state index contributed by atoms with van der Waals surface area (Å²) in [6.45, 7) is 2.90. The van der Waals surface area contributed by atoms with Gasteiger partial charge < -0.3 is 25.1 Å². The summed E-state index contributed by atoms with van der Waals surface area (Å²) in [4.78, 5) is 47.6. The predicted molar refractivity (Wildman–Crippen MR) is 194 cm³/mol. The Morgan fingerprint density at radius 1 is 0.804 bits per heavy atom. The summed E-state index contributed by atoms with van der Waals surface area (Å²) in [7, 11) is 0. The summed E-state index contributed by atoms with van der Waals surface area (Å²) in [6.07, 6.45) is 3.24. The molecule has 1 heterocycles. The predicted octanol–water partition coefficient (Wildman–Crippen LogP) is 5.67. The van der Waals surface area contributed by atoms with Gasteiger partial charge in [0.2, 0.25) is 5.91 Å². The van der Waals surface area contributed by atoms with Crippen LogP contribution in [0, 0.1) is 0 Å². The summed E-state index contributed by atoms with van der Waals surface area (Å²) >= 11 is 0. The molecule has 0 saturated heterocycles. The zero-order chi connectivity index (χ0) is 35.7. The number of ether oxygens (including phenoxy) is 2. The fourth-order valence-electron chi connectivity index (χ4n) is 5.41. The number of benzene rings is 4. The average Bonchev–Trinajstić information content (AvgIpc) is 3.69. The number of alkyl carbamates (subject to hydrolysis) is 1. The summed E-state index contributed by atoms with van der Waals surface area (Å²) < 4.78 is 11.4. The number of aromatic nitrogens is 2. The van der Waals surface area contributed by atoms with E-state index < -0.39 is 18.0 Å². The summed E-state index contributed by atoms with van der Waals surface area (Å²) in [5.41, 5.74) is 7.61. The van der Waals surface area contributed by atoms with Crippen molar-refractivity contribution in [3.05, 3.63) is 156 Å². The lowest BCUT2D eigenvalue weighted by molar-refractivity contribution is -0.141. The lowest BCUT2D eigenvalue weighted by Crippen LogP contribution is -2.56. The van der Waals surface area contributed by atoms with Crippen molar-refractivity contribution in [2.75, 3.05) is 13.1 Å². The topological polar surface area (TPSA) is 138 Å². The van der Waals surface area contributed by atoms with E-state index in [1.54, 1.807) is 6.20 Å². The van der Waals surface area contributed by atoms with Crippen molar-refractivity contribution in [2.24, 2.45) is 0 Å². The van der Waals surface area contributed by atoms with Crippen LogP contribution in [-0.4, -0.2) is 52.0 Å². The van der Waals surface area contributed by atoms with Crippen LogP contribution in [0.1, 0.15) is 47.2 Å². The third-order valence-electron chi connectivity index (χ3n) is 8.30. The van der Waals surface area contributed by atoms with Gasteiger partial charge in [0.05, 0.1) is 6.33 Å². The molecule has 1 unspecified atom stereocenters. The molecule has 11 heteroatoms. The van der Waals surface area contributed by atoms with Gasteiger partial charge in [-0.3, -0.25) is 14.6 Å². The normalized spacial score (nSPS) is 11.9. The largest absolute Gasteiger partial charge is 0.489 e. The minimum atomic E-state index is -1.07. The maximum Gasteiger partial charge on any atom is 0.408 e. The summed E-state index contributed by atoms with van der Waals surface area (Å²) in [5.74, 6) is -0.0446. The Hall–Kier alpha value is -5.94. The van der Waals surface area contributed by atoms with Gasteiger partial charge in [0.15, 0.2) is 0 Å². The molecule has 0 aliphatic carbocycles. The SMILES string of the molecule is CCC(CNC(=O)CN(NCc1ccc(OCc2ccccc2)cc1)C(=O)[C@H](Cc1cnc[nH]1)NC(=O)OCc1ccccc1)c1ccccc1. The smallest absolute Gasteiger partial charge is 0.408 e. The minimum Gasteiger partial charge on any atom is -0.489 e. The van der Waals surface area contributed by atoms with Crippen LogP contribution in [0.5, 0.6) is 5.75 Å². The summed E-state index contributed by atoms with van der Waals surface area (Å²) in [5, 5.41) is 6.95. The van der Waals surface area contributed by atoms with Crippen LogP contribution < -0.4 is 20.8 Å². The van der Waals surface area contributed by atoms with Crippen LogP contribution in [0.15, 0.2) is 128 Å². The van der Waals surface area contributed by atoms with Gasteiger partial charge in [0.25, 0.3) is 5.91 Å². The highest BCUT2D eigenvalue weighted by Gasteiger charge is 2.29. The second-order valence-electron chi connectivity index (χ2n) is 12.0. The highest BCUT2D eigenvalue weighted by molar-refractivity contribution is 5.89. The van der Waals surface area contributed by atoms with E-state index in [1.165, 1.54) is 11.3 Å². The molecule has 0 fully saturated rings. The van der Waals surface area contributed by atoms with Crippen molar-refractivity contribution >= 4 is 17.9 Å². The van der Waals surface area contributed by atoms with Crippen LogP contribution in [0.2, 0.25) is 0 Å². The number of H-pyrrole nitrogens is 1. The number of nitrogens with zero attached hydrogens (tertiary/aromatic N) is 2. The van der Waals surface area contributed by atoms with Gasteiger partial charge in [0.1, 0.15) is 31.5 Å². The third-order valence-corrected chi connectivity index (χ3v) is 8.30.